The average molecular weight is 287 g/mol. The van der Waals surface area contributed by atoms with E-state index in [-0.39, 0.29) is 0 Å². The van der Waals surface area contributed by atoms with Gasteiger partial charge in [0.25, 0.3) is 0 Å². The van der Waals surface area contributed by atoms with Crippen LogP contribution in [0.1, 0.15) is 48.6 Å². The molecule has 0 aliphatic heterocycles. The predicted octanol–water partition coefficient (Wildman–Crippen LogP) is 2.94. The Kier molecular flexibility index (Phi) is 4.20. The van der Waals surface area contributed by atoms with Crippen LogP contribution in [0.3, 0.4) is 0 Å². The Bertz CT molecular complexity index is 609. The number of nitrogens with one attached hydrogen (secondary N) is 1. The van der Waals surface area contributed by atoms with E-state index < -0.39 is 0 Å². The van der Waals surface area contributed by atoms with Crippen molar-refractivity contribution >= 4 is 0 Å². The fraction of sp³-hybridized carbons (Fsp3) is 0.500. The third-order valence-electron chi connectivity index (χ3n) is 3.77. The monoisotopic (exact) mass is 287 g/mol. The fourth-order valence-corrected chi connectivity index (χ4v) is 2.76. The van der Waals surface area contributed by atoms with E-state index >= 15 is 0 Å². The van der Waals surface area contributed by atoms with Gasteiger partial charge in [-0.25, -0.2) is 0 Å². The van der Waals surface area contributed by atoms with Gasteiger partial charge in [-0.15, -0.1) is 0 Å². The molecule has 112 valence electrons. The van der Waals surface area contributed by atoms with Crippen molar-refractivity contribution in [2.75, 3.05) is 6.54 Å². The second kappa shape index (κ2) is 6.26. The van der Waals surface area contributed by atoms with Gasteiger partial charge >= 0.3 is 0 Å². The van der Waals surface area contributed by atoms with Crippen LogP contribution in [0.4, 0.5) is 0 Å². The third kappa shape index (κ3) is 3.24. The van der Waals surface area contributed by atoms with E-state index in [0.29, 0.717) is 24.4 Å². The molecule has 0 radical (unpaired) electrons. The van der Waals surface area contributed by atoms with Gasteiger partial charge in [0.2, 0.25) is 11.7 Å². The molecule has 1 aliphatic carbocycles. The van der Waals surface area contributed by atoms with Gasteiger partial charge in [0.1, 0.15) is 5.75 Å². The van der Waals surface area contributed by atoms with Crippen molar-refractivity contribution in [2.45, 2.75) is 45.8 Å². The van der Waals surface area contributed by atoms with Gasteiger partial charge in [-0.05, 0) is 49.1 Å². The predicted molar refractivity (Wildman–Crippen MR) is 79.2 cm³/mol. The fourth-order valence-electron chi connectivity index (χ4n) is 2.76. The van der Waals surface area contributed by atoms with Crippen LogP contribution < -0.4 is 10.1 Å². The van der Waals surface area contributed by atoms with E-state index in [1.54, 1.807) is 6.92 Å². The molecule has 1 aliphatic rings. The Morgan fingerprint density at radius 3 is 3.10 bits per heavy atom. The number of aryl methyl sites for hydroxylation is 2. The molecule has 0 bridgehead atoms. The summed E-state index contributed by atoms with van der Waals surface area (Å²) in [5, 5.41) is 7.42. The highest BCUT2D eigenvalue weighted by molar-refractivity contribution is 5.40. The molecule has 1 atom stereocenters. The lowest BCUT2D eigenvalue weighted by Crippen LogP contribution is -2.19. The number of benzene rings is 1. The number of nitrogens with zero attached hydrogens (tertiary/aromatic N) is 2. The van der Waals surface area contributed by atoms with Crippen LogP contribution in [0.2, 0.25) is 0 Å². The molecule has 0 amide bonds. The van der Waals surface area contributed by atoms with Crippen molar-refractivity contribution in [1.82, 2.24) is 15.5 Å². The first-order valence-corrected chi connectivity index (χ1v) is 7.54. The molecule has 3 rings (SSSR count). The summed E-state index contributed by atoms with van der Waals surface area (Å²) in [7, 11) is 0. The van der Waals surface area contributed by atoms with E-state index in [9.17, 15) is 0 Å². The van der Waals surface area contributed by atoms with E-state index in [2.05, 4.69) is 34.5 Å². The maximum Gasteiger partial charge on any atom is 0.223 e. The van der Waals surface area contributed by atoms with E-state index in [4.69, 9.17) is 9.26 Å². The Morgan fingerprint density at radius 2 is 2.33 bits per heavy atom. The second-order valence-electron chi connectivity index (χ2n) is 5.42. The maximum atomic E-state index is 5.74. The zero-order valence-electron chi connectivity index (χ0n) is 12.6. The maximum absolute atomic E-state index is 5.74. The van der Waals surface area contributed by atoms with Crippen LogP contribution in [0.5, 0.6) is 5.75 Å². The van der Waals surface area contributed by atoms with Crippen molar-refractivity contribution in [2.24, 2.45) is 0 Å². The SMILES string of the molecule is CCCNC1CCc2cc(OCc3noc(C)n3)ccc21. The highest BCUT2D eigenvalue weighted by atomic mass is 16.5. The minimum atomic E-state index is 0.341. The number of hydrogen-bond acceptors (Lipinski definition) is 5. The Balaban J connectivity index is 1.64. The third-order valence-corrected chi connectivity index (χ3v) is 3.77. The normalized spacial score (nSPS) is 17.0. The topological polar surface area (TPSA) is 60.2 Å². The first-order valence-electron chi connectivity index (χ1n) is 7.54. The largest absolute Gasteiger partial charge is 0.485 e. The molecular formula is C16H21N3O2. The van der Waals surface area contributed by atoms with E-state index in [1.807, 2.05) is 6.07 Å². The second-order valence-corrected chi connectivity index (χ2v) is 5.42. The minimum absolute atomic E-state index is 0.341. The molecule has 1 heterocycles. The molecule has 5 nitrogen and oxygen atoms in total. The molecule has 21 heavy (non-hydrogen) atoms. The highest BCUT2D eigenvalue weighted by Crippen LogP contribution is 2.33. The van der Waals surface area contributed by atoms with Gasteiger partial charge in [-0.1, -0.05) is 18.1 Å². The quantitative estimate of drug-likeness (QED) is 0.885. The zero-order valence-corrected chi connectivity index (χ0v) is 12.6. The molecule has 1 aromatic heterocycles. The smallest absolute Gasteiger partial charge is 0.223 e. The van der Waals surface area contributed by atoms with Crippen molar-refractivity contribution in [1.29, 1.82) is 0 Å². The molecule has 0 spiro atoms. The van der Waals surface area contributed by atoms with Gasteiger partial charge < -0.3 is 14.6 Å². The summed E-state index contributed by atoms with van der Waals surface area (Å²) in [4.78, 5) is 4.13. The molecular weight excluding hydrogens is 266 g/mol. The molecule has 1 N–H and O–H groups in total. The molecule has 1 aromatic carbocycles. The van der Waals surface area contributed by atoms with Crippen LogP contribution in [0, 0.1) is 6.92 Å². The van der Waals surface area contributed by atoms with Gasteiger partial charge in [0.15, 0.2) is 6.61 Å². The summed E-state index contributed by atoms with van der Waals surface area (Å²) in [5.41, 5.74) is 2.79. The number of ether oxygens (including phenoxy) is 1. The minimum Gasteiger partial charge on any atom is -0.485 e. The first kappa shape index (κ1) is 14.1. The molecule has 5 heteroatoms. The van der Waals surface area contributed by atoms with Crippen molar-refractivity contribution in [3.63, 3.8) is 0 Å². The number of rotatable bonds is 6. The van der Waals surface area contributed by atoms with Crippen molar-refractivity contribution in [3.8, 4) is 5.75 Å². The zero-order chi connectivity index (χ0) is 14.7. The summed E-state index contributed by atoms with van der Waals surface area (Å²) in [6.45, 7) is 5.38. The van der Waals surface area contributed by atoms with Gasteiger partial charge in [0.05, 0.1) is 0 Å². The first-order chi connectivity index (χ1) is 10.3. The van der Waals surface area contributed by atoms with Gasteiger partial charge in [0, 0.05) is 13.0 Å². The van der Waals surface area contributed by atoms with E-state index in [1.165, 1.54) is 17.5 Å². The summed E-state index contributed by atoms with van der Waals surface area (Å²) in [5.74, 6) is 2.01. The Morgan fingerprint density at radius 1 is 1.43 bits per heavy atom. The summed E-state index contributed by atoms with van der Waals surface area (Å²) < 4.78 is 10.7. The lowest BCUT2D eigenvalue weighted by molar-refractivity contribution is 0.285. The molecule has 0 saturated carbocycles. The summed E-state index contributed by atoms with van der Waals surface area (Å²) in [6.07, 6.45) is 3.44. The highest BCUT2D eigenvalue weighted by Gasteiger charge is 2.22. The molecule has 2 aromatic rings. The van der Waals surface area contributed by atoms with Gasteiger partial charge in [-0.3, -0.25) is 0 Å². The lowest BCUT2D eigenvalue weighted by atomic mass is 10.1. The summed E-state index contributed by atoms with van der Waals surface area (Å²) in [6, 6.07) is 6.83. The number of aromatic nitrogens is 2. The number of fused-ring (bicyclic) bond motifs is 1. The number of hydrogen-bond donors (Lipinski definition) is 1. The Labute approximate surface area is 124 Å². The van der Waals surface area contributed by atoms with Crippen molar-refractivity contribution < 1.29 is 9.26 Å². The van der Waals surface area contributed by atoms with Crippen LogP contribution in [0.15, 0.2) is 22.7 Å². The van der Waals surface area contributed by atoms with Gasteiger partial charge in [-0.2, -0.15) is 4.98 Å². The molecule has 0 fully saturated rings. The van der Waals surface area contributed by atoms with Crippen molar-refractivity contribution in [3.05, 3.63) is 41.0 Å². The van der Waals surface area contributed by atoms with E-state index in [0.717, 1.165) is 25.1 Å². The lowest BCUT2D eigenvalue weighted by Gasteiger charge is -2.13. The standard InChI is InChI=1S/C16H21N3O2/c1-3-8-17-15-7-4-12-9-13(5-6-14(12)15)20-10-16-18-11(2)21-19-16/h5-6,9,15,17H,3-4,7-8,10H2,1-2H3. The summed E-state index contributed by atoms with van der Waals surface area (Å²) >= 11 is 0. The average Bonchev–Trinajstić information content (AvgIpc) is 3.09. The van der Waals surface area contributed by atoms with Crippen LogP contribution >= 0.6 is 0 Å². The Hall–Kier alpha value is -1.88. The van der Waals surface area contributed by atoms with Crippen LogP contribution in [-0.4, -0.2) is 16.7 Å². The van der Waals surface area contributed by atoms with Crippen LogP contribution in [-0.2, 0) is 13.0 Å². The molecule has 1 unspecified atom stereocenters. The van der Waals surface area contributed by atoms with Crippen LogP contribution in [0.25, 0.3) is 0 Å². The molecule has 0 saturated heterocycles.